The number of nitrogens with two attached hydrogens (primary N) is 1. The van der Waals surface area contributed by atoms with Crippen molar-refractivity contribution in [3.05, 3.63) is 0 Å². The third-order valence-corrected chi connectivity index (χ3v) is 4.44. The van der Waals surface area contributed by atoms with E-state index in [1.54, 1.807) is 0 Å². The van der Waals surface area contributed by atoms with Crippen molar-refractivity contribution in [1.29, 1.82) is 0 Å². The van der Waals surface area contributed by atoms with E-state index in [4.69, 9.17) is 5.84 Å². The van der Waals surface area contributed by atoms with Gasteiger partial charge in [-0.05, 0) is 39.3 Å². The summed E-state index contributed by atoms with van der Waals surface area (Å²) in [6.45, 7) is 3.56. The minimum absolute atomic E-state index is 0.521. The molecule has 0 aromatic rings. The summed E-state index contributed by atoms with van der Waals surface area (Å²) in [5.74, 6) is 6.52. The molecule has 16 heavy (non-hydrogen) atoms. The summed E-state index contributed by atoms with van der Waals surface area (Å²) in [6.07, 6.45) is 5.31. The third-order valence-electron chi connectivity index (χ3n) is 4.44. The van der Waals surface area contributed by atoms with Crippen molar-refractivity contribution in [2.45, 2.75) is 37.8 Å². The van der Waals surface area contributed by atoms with Crippen LogP contribution in [0.1, 0.15) is 25.7 Å². The highest BCUT2D eigenvalue weighted by Gasteiger charge is 2.31. The molecular formula is C12H26N4. The lowest BCUT2D eigenvalue weighted by molar-refractivity contribution is 0.0859. The van der Waals surface area contributed by atoms with Gasteiger partial charge in [0.15, 0.2) is 0 Å². The van der Waals surface area contributed by atoms with Gasteiger partial charge in [0.2, 0.25) is 0 Å². The minimum atomic E-state index is 0.521. The number of rotatable bonds is 4. The van der Waals surface area contributed by atoms with E-state index in [0.29, 0.717) is 12.1 Å². The Morgan fingerprint density at radius 1 is 1.31 bits per heavy atom. The van der Waals surface area contributed by atoms with Crippen LogP contribution in [0.4, 0.5) is 0 Å². The lowest BCUT2D eigenvalue weighted by Gasteiger charge is -2.42. The molecule has 0 amide bonds. The Balaban J connectivity index is 1.85. The number of hydrogen-bond acceptors (Lipinski definition) is 4. The van der Waals surface area contributed by atoms with E-state index in [9.17, 15) is 0 Å². The quantitative estimate of drug-likeness (QED) is 0.533. The van der Waals surface area contributed by atoms with Crippen molar-refractivity contribution in [3.8, 4) is 0 Å². The first-order chi connectivity index (χ1) is 7.70. The van der Waals surface area contributed by atoms with Crippen molar-refractivity contribution < 1.29 is 0 Å². The molecule has 2 unspecified atom stereocenters. The Labute approximate surface area is 99.1 Å². The first kappa shape index (κ1) is 12.3. The molecule has 3 N–H and O–H groups in total. The van der Waals surface area contributed by atoms with Crippen LogP contribution in [0.3, 0.4) is 0 Å². The molecule has 0 aromatic carbocycles. The molecule has 4 heteroatoms. The average molecular weight is 226 g/mol. The monoisotopic (exact) mass is 226 g/mol. The standard InChI is InChI=1S/C12H26N4/c1-15-6-7-16(2)11(9-15)8-12(14-13)10-4-3-5-10/h10-12,14H,3-9,13H2,1-2H3. The molecule has 0 aromatic heterocycles. The summed E-state index contributed by atoms with van der Waals surface area (Å²) >= 11 is 0. The predicted octanol–water partition coefficient (Wildman–Crippen LogP) is 0.254. The maximum absolute atomic E-state index is 5.70. The number of nitrogens with one attached hydrogen (secondary N) is 1. The van der Waals surface area contributed by atoms with Crippen molar-refractivity contribution >= 4 is 0 Å². The van der Waals surface area contributed by atoms with Crippen LogP contribution in [0.25, 0.3) is 0 Å². The van der Waals surface area contributed by atoms with Crippen molar-refractivity contribution in [1.82, 2.24) is 15.2 Å². The van der Waals surface area contributed by atoms with E-state index in [2.05, 4.69) is 29.3 Å². The lowest BCUT2D eigenvalue weighted by Crippen LogP contribution is -2.54. The molecule has 0 radical (unpaired) electrons. The Bertz CT molecular complexity index is 217. The zero-order valence-corrected chi connectivity index (χ0v) is 10.7. The summed E-state index contributed by atoms with van der Waals surface area (Å²) in [5.41, 5.74) is 3.04. The average Bonchev–Trinajstić information content (AvgIpc) is 2.19. The van der Waals surface area contributed by atoms with E-state index in [1.807, 2.05) is 0 Å². The molecule has 0 bridgehead atoms. The van der Waals surface area contributed by atoms with Gasteiger partial charge < -0.3 is 9.80 Å². The molecule has 1 heterocycles. The topological polar surface area (TPSA) is 44.5 Å². The minimum Gasteiger partial charge on any atom is -0.304 e. The Kier molecular flexibility index (Phi) is 4.19. The Hall–Kier alpha value is -0.160. The summed E-state index contributed by atoms with van der Waals surface area (Å²) in [6, 6.07) is 1.19. The molecule has 2 atom stereocenters. The van der Waals surface area contributed by atoms with Crippen LogP contribution >= 0.6 is 0 Å². The molecule has 94 valence electrons. The van der Waals surface area contributed by atoms with Crippen LogP contribution in [0.5, 0.6) is 0 Å². The second-order valence-corrected chi connectivity index (χ2v) is 5.60. The van der Waals surface area contributed by atoms with Gasteiger partial charge in [0.25, 0.3) is 0 Å². The second-order valence-electron chi connectivity index (χ2n) is 5.60. The fourth-order valence-electron chi connectivity index (χ4n) is 2.89. The van der Waals surface area contributed by atoms with Crippen molar-refractivity contribution in [2.75, 3.05) is 33.7 Å². The van der Waals surface area contributed by atoms with Crippen LogP contribution < -0.4 is 11.3 Å². The van der Waals surface area contributed by atoms with Crippen LogP contribution in [0.2, 0.25) is 0 Å². The highest BCUT2D eigenvalue weighted by Crippen LogP contribution is 2.31. The highest BCUT2D eigenvalue weighted by molar-refractivity contribution is 4.88. The molecule has 2 rings (SSSR count). The van der Waals surface area contributed by atoms with E-state index in [1.165, 1.54) is 45.3 Å². The van der Waals surface area contributed by atoms with Gasteiger partial charge in [0.05, 0.1) is 0 Å². The Morgan fingerprint density at radius 3 is 2.62 bits per heavy atom. The smallest absolute Gasteiger partial charge is 0.0254 e. The zero-order chi connectivity index (χ0) is 11.5. The molecule has 2 aliphatic rings. The number of hydrazine groups is 1. The van der Waals surface area contributed by atoms with Gasteiger partial charge in [-0.1, -0.05) is 6.42 Å². The molecular weight excluding hydrogens is 200 g/mol. The van der Waals surface area contributed by atoms with Crippen LogP contribution in [0, 0.1) is 5.92 Å². The van der Waals surface area contributed by atoms with Crippen molar-refractivity contribution in [3.63, 3.8) is 0 Å². The first-order valence-electron chi connectivity index (χ1n) is 6.55. The van der Waals surface area contributed by atoms with E-state index < -0.39 is 0 Å². The van der Waals surface area contributed by atoms with Gasteiger partial charge >= 0.3 is 0 Å². The highest BCUT2D eigenvalue weighted by atomic mass is 15.3. The summed E-state index contributed by atoms with van der Waals surface area (Å²) in [5, 5.41) is 0. The second kappa shape index (κ2) is 5.45. The normalized spacial score (nSPS) is 31.3. The maximum atomic E-state index is 5.70. The third kappa shape index (κ3) is 2.74. The maximum Gasteiger partial charge on any atom is 0.0254 e. The lowest BCUT2D eigenvalue weighted by atomic mass is 9.77. The predicted molar refractivity (Wildman–Crippen MR) is 67.0 cm³/mol. The fourth-order valence-corrected chi connectivity index (χ4v) is 2.89. The van der Waals surface area contributed by atoms with E-state index in [0.717, 1.165) is 5.92 Å². The molecule has 1 aliphatic heterocycles. The van der Waals surface area contributed by atoms with Crippen molar-refractivity contribution in [2.24, 2.45) is 11.8 Å². The Morgan fingerprint density at radius 2 is 2.06 bits per heavy atom. The van der Waals surface area contributed by atoms with Crippen LogP contribution in [-0.4, -0.2) is 55.6 Å². The number of hydrogen-bond donors (Lipinski definition) is 2. The van der Waals surface area contributed by atoms with Gasteiger partial charge in [-0.25, -0.2) is 0 Å². The first-order valence-corrected chi connectivity index (χ1v) is 6.55. The van der Waals surface area contributed by atoms with Gasteiger partial charge in [-0.15, -0.1) is 0 Å². The zero-order valence-electron chi connectivity index (χ0n) is 10.7. The van der Waals surface area contributed by atoms with Gasteiger partial charge in [-0.3, -0.25) is 11.3 Å². The largest absolute Gasteiger partial charge is 0.304 e. The summed E-state index contributed by atoms with van der Waals surface area (Å²) < 4.78 is 0. The van der Waals surface area contributed by atoms with Gasteiger partial charge in [0, 0.05) is 31.7 Å². The van der Waals surface area contributed by atoms with Gasteiger partial charge in [0.1, 0.15) is 0 Å². The molecule has 1 saturated heterocycles. The van der Waals surface area contributed by atoms with Crippen LogP contribution in [-0.2, 0) is 0 Å². The molecule has 2 fully saturated rings. The van der Waals surface area contributed by atoms with Gasteiger partial charge in [-0.2, -0.15) is 0 Å². The van der Waals surface area contributed by atoms with E-state index >= 15 is 0 Å². The SMILES string of the molecule is CN1CCN(C)C(CC(NN)C2CCC2)C1. The molecule has 1 aliphatic carbocycles. The van der Waals surface area contributed by atoms with E-state index in [-0.39, 0.29) is 0 Å². The summed E-state index contributed by atoms with van der Waals surface area (Å²) in [4.78, 5) is 4.92. The molecule has 4 nitrogen and oxygen atoms in total. The fraction of sp³-hybridized carbons (Fsp3) is 1.00. The number of piperazine rings is 1. The molecule has 1 saturated carbocycles. The van der Waals surface area contributed by atoms with Crippen LogP contribution in [0.15, 0.2) is 0 Å². The number of nitrogens with zero attached hydrogens (tertiary/aromatic N) is 2. The molecule has 0 spiro atoms. The summed E-state index contributed by atoms with van der Waals surface area (Å²) in [7, 11) is 4.46. The number of likely N-dealkylation sites (N-methyl/N-ethyl adjacent to an activating group) is 2.